The number of benzene rings is 7. The fraction of sp³-hybridized carbons (Fsp3) is 0.0588. The summed E-state index contributed by atoms with van der Waals surface area (Å²) in [4.78, 5) is 9.17. The molecular formula is C51H36N4. The van der Waals surface area contributed by atoms with Crippen molar-refractivity contribution < 1.29 is 0 Å². The van der Waals surface area contributed by atoms with Crippen molar-refractivity contribution in [3.8, 4) is 61.6 Å². The van der Waals surface area contributed by atoms with E-state index >= 15 is 0 Å². The summed E-state index contributed by atoms with van der Waals surface area (Å²) in [6, 6.07) is 59.9. The number of nitrogens with zero attached hydrogens (tertiary/aromatic N) is 4. The molecule has 1 aliphatic carbocycles. The molecule has 1 aliphatic rings. The number of aromatic nitrogens is 4. The third-order valence-electron chi connectivity index (χ3n) is 11.6. The van der Waals surface area contributed by atoms with Gasteiger partial charge in [0.15, 0.2) is 0 Å². The van der Waals surface area contributed by atoms with E-state index in [1.165, 1.54) is 71.9 Å². The van der Waals surface area contributed by atoms with Crippen LogP contribution in [0.1, 0.15) is 25.0 Å². The Morgan fingerprint density at radius 1 is 0.509 bits per heavy atom. The predicted molar refractivity (Wildman–Crippen MR) is 227 cm³/mol. The molecule has 0 saturated carbocycles. The van der Waals surface area contributed by atoms with Crippen LogP contribution < -0.4 is 0 Å². The second-order valence-corrected chi connectivity index (χ2v) is 15.1. The molecule has 0 unspecified atom stereocenters. The third-order valence-corrected chi connectivity index (χ3v) is 11.6. The van der Waals surface area contributed by atoms with E-state index in [0.717, 1.165) is 22.5 Å². The minimum Gasteiger partial charge on any atom is -0.308 e. The van der Waals surface area contributed by atoms with E-state index in [-0.39, 0.29) is 5.41 Å². The number of rotatable bonds is 5. The first-order valence-corrected chi connectivity index (χ1v) is 18.9. The maximum absolute atomic E-state index is 4.76. The first kappa shape index (κ1) is 31.5. The van der Waals surface area contributed by atoms with Crippen molar-refractivity contribution in [3.63, 3.8) is 0 Å². The van der Waals surface area contributed by atoms with Gasteiger partial charge in [0.1, 0.15) is 0 Å². The van der Waals surface area contributed by atoms with Crippen molar-refractivity contribution in [2.24, 2.45) is 0 Å². The smallest absolute Gasteiger partial charge is 0.234 e. The van der Waals surface area contributed by atoms with Gasteiger partial charge < -0.3 is 4.57 Å². The Morgan fingerprint density at radius 3 is 2.00 bits per heavy atom. The van der Waals surface area contributed by atoms with Crippen LogP contribution in [0.5, 0.6) is 0 Å². The van der Waals surface area contributed by atoms with Crippen molar-refractivity contribution in [1.82, 2.24) is 18.9 Å². The molecule has 0 spiro atoms. The lowest BCUT2D eigenvalue weighted by molar-refractivity contribution is 0.660. The number of hydrogen-bond donors (Lipinski definition) is 0. The summed E-state index contributed by atoms with van der Waals surface area (Å²) in [5, 5.41) is 3.66. The van der Waals surface area contributed by atoms with Gasteiger partial charge in [-0.15, -0.1) is 0 Å². The third kappa shape index (κ3) is 4.78. The maximum atomic E-state index is 4.76. The first-order valence-electron chi connectivity index (χ1n) is 18.9. The van der Waals surface area contributed by atoms with Crippen molar-refractivity contribution in [1.29, 1.82) is 0 Å². The molecule has 4 heteroatoms. The van der Waals surface area contributed by atoms with Gasteiger partial charge in [0.25, 0.3) is 0 Å². The molecular weight excluding hydrogens is 669 g/mol. The van der Waals surface area contributed by atoms with Gasteiger partial charge in [-0.25, -0.2) is 9.97 Å². The lowest BCUT2D eigenvalue weighted by Gasteiger charge is -2.23. The molecule has 7 aromatic carbocycles. The molecule has 4 nitrogen and oxygen atoms in total. The second kappa shape index (κ2) is 12.0. The fourth-order valence-corrected chi connectivity index (χ4v) is 9.03. The van der Waals surface area contributed by atoms with Crippen LogP contribution in [0.4, 0.5) is 0 Å². The topological polar surface area (TPSA) is 35.1 Å². The van der Waals surface area contributed by atoms with E-state index in [0.29, 0.717) is 5.78 Å². The molecule has 260 valence electrons. The van der Waals surface area contributed by atoms with Gasteiger partial charge in [0.05, 0.1) is 16.9 Å². The number of fused-ring (bicyclic) bond motifs is 7. The van der Waals surface area contributed by atoms with Crippen molar-refractivity contribution >= 4 is 27.5 Å². The van der Waals surface area contributed by atoms with Crippen LogP contribution >= 0.6 is 0 Å². The molecule has 0 N–H and O–H groups in total. The highest BCUT2D eigenvalue weighted by Crippen LogP contribution is 2.51. The molecule has 0 fully saturated rings. The summed E-state index contributed by atoms with van der Waals surface area (Å²) in [6.07, 6.45) is 5.79. The Balaban J connectivity index is 1.18. The van der Waals surface area contributed by atoms with Crippen LogP contribution in [0.3, 0.4) is 0 Å². The lowest BCUT2D eigenvalue weighted by atomic mass is 9.82. The predicted octanol–water partition coefficient (Wildman–Crippen LogP) is 12.8. The molecule has 3 heterocycles. The Bertz CT molecular complexity index is 3060. The first-order chi connectivity index (χ1) is 27.0. The van der Waals surface area contributed by atoms with E-state index < -0.39 is 0 Å². The van der Waals surface area contributed by atoms with Gasteiger partial charge in [-0.2, -0.15) is 0 Å². The SMILES string of the molecule is CC1(C)c2ccccc2-c2ccc(-n3c(-c4ccccc4)c(-c4ccccc4)c4ccc5c(-c6ccc(-c7cn8cccnc8n7)cc6)cccc5c43)cc21. The quantitative estimate of drug-likeness (QED) is 0.179. The molecule has 11 rings (SSSR count). The summed E-state index contributed by atoms with van der Waals surface area (Å²) in [7, 11) is 0. The summed E-state index contributed by atoms with van der Waals surface area (Å²) >= 11 is 0. The number of hydrogen-bond acceptors (Lipinski definition) is 2. The Hall–Kier alpha value is -7.04. The van der Waals surface area contributed by atoms with Gasteiger partial charge in [-0.1, -0.05) is 159 Å². The maximum Gasteiger partial charge on any atom is 0.234 e. The average molecular weight is 705 g/mol. The molecule has 0 amide bonds. The van der Waals surface area contributed by atoms with E-state index in [9.17, 15) is 0 Å². The number of imidazole rings is 1. The van der Waals surface area contributed by atoms with Gasteiger partial charge in [0, 0.05) is 51.6 Å². The van der Waals surface area contributed by atoms with Crippen molar-refractivity contribution in [2.45, 2.75) is 19.3 Å². The fourth-order valence-electron chi connectivity index (χ4n) is 9.03. The Labute approximate surface area is 319 Å². The minimum absolute atomic E-state index is 0.124. The molecule has 55 heavy (non-hydrogen) atoms. The van der Waals surface area contributed by atoms with E-state index in [1.54, 1.807) is 6.20 Å². The van der Waals surface area contributed by atoms with Crippen LogP contribution in [0.15, 0.2) is 182 Å². The second-order valence-electron chi connectivity index (χ2n) is 15.1. The van der Waals surface area contributed by atoms with Crippen molar-refractivity contribution in [3.05, 3.63) is 194 Å². The van der Waals surface area contributed by atoms with Crippen molar-refractivity contribution in [2.75, 3.05) is 0 Å². The zero-order valence-electron chi connectivity index (χ0n) is 30.6. The minimum atomic E-state index is -0.124. The lowest BCUT2D eigenvalue weighted by Crippen LogP contribution is -2.15. The van der Waals surface area contributed by atoms with Crippen LogP contribution in [-0.4, -0.2) is 18.9 Å². The molecule has 0 saturated heterocycles. The van der Waals surface area contributed by atoms with Crippen LogP contribution in [-0.2, 0) is 5.41 Å². The largest absolute Gasteiger partial charge is 0.308 e. The van der Waals surface area contributed by atoms with E-state index in [2.05, 4.69) is 181 Å². The Morgan fingerprint density at radius 2 is 1.20 bits per heavy atom. The molecule has 10 aromatic rings. The van der Waals surface area contributed by atoms with Crippen LogP contribution in [0.25, 0.3) is 89.0 Å². The normalized spacial score (nSPS) is 13.1. The van der Waals surface area contributed by atoms with Crippen LogP contribution in [0.2, 0.25) is 0 Å². The molecule has 0 atom stereocenters. The highest BCUT2D eigenvalue weighted by Gasteiger charge is 2.36. The summed E-state index contributed by atoms with van der Waals surface area (Å²) < 4.78 is 4.50. The van der Waals surface area contributed by atoms with E-state index in [4.69, 9.17) is 4.98 Å². The zero-order valence-corrected chi connectivity index (χ0v) is 30.6. The van der Waals surface area contributed by atoms with Gasteiger partial charge in [-0.3, -0.25) is 4.40 Å². The molecule has 0 aliphatic heterocycles. The standard InChI is InChI=1S/C51H36N4/c1-51(2)44-20-10-9-17-40(44)41-26-25-37(31-45(41)51)55-48(36-15-7-4-8-16-36)47(35-13-5-3-6-14-35)43-28-27-39-38(18-11-19-42(39)49(43)55)33-21-23-34(24-22-33)46-32-54-30-12-29-52-50(54)53-46/h3-32H,1-2H3. The zero-order chi connectivity index (χ0) is 36.7. The van der Waals surface area contributed by atoms with Gasteiger partial charge in [-0.05, 0) is 68.1 Å². The highest BCUT2D eigenvalue weighted by atomic mass is 15.1. The van der Waals surface area contributed by atoms with E-state index in [1.807, 2.05) is 22.9 Å². The molecule has 0 radical (unpaired) electrons. The highest BCUT2D eigenvalue weighted by molar-refractivity contribution is 6.18. The van der Waals surface area contributed by atoms with Gasteiger partial charge in [0.2, 0.25) is 5.78 Å². The Kier molecular flexibility index (Phi) is 6.86. The summed E-state index contributed by atoms with van der Waals surface area (Å²) in [5.41, 5.74) is 16.8. The summed E-state index contributed by atoms with van der Waals surface area (Å²) in [6.45, 7) is 4.73. The monoisotopic (exact) mass is 704 g/mol. The van der Waals surface area contributed by atoms with Crippen LogP contribution in [0, 0.1) is 0 Å². The van der Waals surface area contributed by atoms with Gasteiger partial charge >= 0.3 is 0 Å². The molecule has 0 bridgehead atoms. The average Bonchev–Trinajstić information content (AvgIpc) is 3.90. The summed E-state index contributed by atoms with van der Waals surface area (Å²) in [5.74, 6) is 0.698. The molecule has 3 aromatic heterocycles.